The fraction of sp³-hybridized carbons (Fsp3) is 0.321. The van der Waals surface area contributed by atoms with E-state index >= 15 is 0 Å². The zero-order valence-electron chi connectivity index (χ0n) is 25.6. The van der Waals surface area contributed by atoms with E-state index in [2.05, 4.69) is 25.1 Å². The number of guanidine groups is 1. The maximum atomic E-state index is 12.6. The Balaban J connectivity index is 1.66. The summed E-state index contributed by atoms with van der Waals surface area (Å²) in [5.41, 5.74) is -1.87. The van der Waals surface area contributed by atoms with Gasteiger partial charge in [-0.2, -0.15) is 0 Å². The molecule has 3 N–H and O–H groups in total. The minimum absolute atomic E-state index is 0.147. The second-order valence-electron chi connectivity index (χ2n) is 10.9. The molecule has 0 bridgehead atoms. The van der Waals surface area contributed by atoms with Gasteiger partial charge in [-0.3, -0.25) is 30.3 Å². The third kappa shape index (κ3) is 11.2. The standard InChI is InChI=1S/C28H29N7O13/c1-28(2,3)48-27(41)33-13-12-18(15-33)30-21(36)14-29-24(31-25(39)46-22(37)16-4-8-19(9-5-16)34(42)43)32-26(40)47-23(38)17-6-10-20(11-7-17)35(44)45/h4-11,18H,12-15H2,1-3H3,(H,30,36)(H2,29,31,32,39,40)/t18-/m0/s1. The van der Waals surface area contributed by atoms with Crippen molar-refractivity contribution in [2.45, 2.75) is 38.8 Å². The topological polar surface area (TPSA) is 268 Å². The van der Waals surface area contributed by atoms with Crippen molar-refractivity contribution < 1.29 is 52.8 Å². The summed E-state index contributed by atoms with van der Waals surface area (Å²) in [5, 5.41) is 28.5. The van der Waals surface area contributed by atoms with Gasteiger partial charge in [-0.1, -0.05) is 0 Å². The second-order valence-corrected chi connectivity index (χ2v) is 10.9. The molecule has 0 aromatic heterocycles. The summed E-state index contributed by atoms with van der Waals surface area (Å²) in [6, 6.07) is 7.61. The van der Waals surface area contributed by atoms with Crippen LogP contribution in [0.3, 0.4) is 0 Å². The van der Waals surface area contributed by atoms with Crippen LogP contribution in [0.4, 0.5) is 25.8 Å². The van der Waals surface area contributed by atoms with E-state index in [1.54, 1.807) is 20.8 Å². The number of nitrogens with one attached hydrogen (secondary N) is 3. The largest absolute Gasteiger partial charge is 0.444 e. The molecule has 0 radical (unpaired) electrons. The Morgan fingerprint density at radius 3 is 1.90 bits per heavy atom. The summed E-state index contributed by atoms with van der Waals surface area (Å²) in [6.45, 7) is 4.96. The van der Waals surface area contributed by atoms with Gasteiger partial charge in [0.05, 0.1) is 27.5 Å². The predicted octanol–water partition coefficient (Wildman–Crippen LogP) is 2.42. The minimum atomic E-state index is -1.60. The van der Waals surface area contributed by atoms with Gasteiger partial charge in [0, 0.05) is 43.4 Å². The summed E-state index contributed by atoms with van der Waals surface area (Å²) in [4.78, 5) is 99.4. The highest BCUT2D eigenvalue weighted by atomic mass is 16.6. The van der Waals surface area contributed by atoms with E-state index in [9.17, 15) is 49.0 Å². The first-order valence-electron chi connectivity index (χ1n) is 13.9. The fourth-order valence-electron chi connectivity index (χ4n) is 3.88. The molecule has 1 atom stereocenters. The van der Waals surface area contributed by atoms with Crippen molar-refractivity contribution >= 4 is 53.5 Å². The first-order chi connectivity index (χ1) is 22.5. The number of ether oxygens (including phenoxy) is 3. The molecule has 254 valence electrons. The first-order valence-corrected chi connectivity index (χ1v) is 13.9. The number of likely N-dealkylation sites (tertiary alicyclic amines) is 1. The summed E-state index contributed by atoms with van der Waals surface area (Å²) in [5.74, 6) is -3.98. The van der Waals surface area contributed by atoms with Gasteiger partial charge in [0.2, 0.25) is 11.9 Å². The molecule has 1 fully saturated rings. The Kier molecular flexibility index (Phi) is 11.8. The lowest BCUT2D eigenvalue weighted by Crippen LogP contribution is -2.48. The SMILES string of the molecule is CC(C)(C)OC(=O)N1CC[C@H](NC(=O)CNC(=NC(=O)OC(=O)c2ccc([N+](=O)[O-])cc2)NC(=O)OC(=O)c2ccc([N+](=O)[O-])cc2)C1. The van der Waals surface area contributed by atoms with Crippen molar-refractivity contribution in [2.75, 3.05) is 19.6 Å². The molecule has 1 saturated heterocycles. The highest BCUT2D eigenvalue weighted by molar-refractivity contribution is 6.06. The lowest BCUT2D eigenvalue weighted by atomic mass is 10.2. The molecular weight excluding hydrogens is 642 g/mol. The van der Waals surface area contributed by atoms with Crippen LogP contribution in [-0.2, 0) is 19.0 Å². The Bertz CT molecular complexity index is 1630. The summed E-state index contributed by atoms with van der Waals surface area (Å²) >= 11 is 0. The molecule has 2 aromatic rings. The molecule has 0 unspecified atom stereocenters. The number of aliphatic imine (C=N–C) groups is 1. The summed E-state index contributed by atoms with van der Waals surface area (Å²) in [7, 11) is 0. The lowest BCUT2D eigenvalue weighted by molar-refractivity contribution is -0.385. The van der Waals surface area contributed by atoms with Gasteiger partial charge in [-0.05, 0) is 51.5 Å². The van der Waals surface area contributed by atoms with E-state index in [0.29, 0.717) is 13.0 Å². The van der Waals surface area contributed by atoms with E-state index in [4.69, 9.17) is 4.74 Å². The summed E-state index contributed by atoms with van der Waals surface area (Å²) < 4.78 is 14.5. The van der Waals surface area contributed by atoms with Gasteiger partial charge < -0.3 is 29.7 Å². The third-order valence-corrected chi connectivity index (χ3v) is 6.04. The predicted molar refractivity (Wildman–Crippen MR) is 161 cm³/mol. The lowest BCUT2D eigenvalue weighted by Gasteiger charge is -2.24. The van der Waals surface area contributed by atoms with Crippen molar-refractivity contribution in [2.24, 2.45) is 4.99 Å². The van der Waals surface area contributed by atoms with Gasteiger partial charge in [0.1, 0.15) is 5.60 Å². The van der Waals surface area contributed by atoms with Crippen LogP contribution in [0, 0.1) is 20.2 Å². The van der Waals surface area contributed by atoms with Crippen molar-refractivity contribution in [1.82, 2.24) is 20.9 Å². The van der Waals surface area contributed by atoms with Crippen LogP contribution < -0.4 is 16.0 Å². The molecule has 48 heavy (non-hydrogen) atoms. The maximum absolute atomic E-state index is 12.6. The molecule has 2 aromatic carbocycles. The van der Waals surface area contributed by atoms with Gasteiger partial charge in [0.25, 0.3) is 11.4 Å². The van der Waals surface area contributed by atoms with Gasteiger partial charge in [0.15, 0.2) is 0 Å². The highest BCUT2D eigenvalue weighted by Gasteiger charge is 2.30. The van der Waals surface area contributed by atoms with Crippen molar-refractivity contribution in [3.05, 3.63) is 79.9 Å². The van der Waals surface area contributed by atoms with Gasteiger partial charge >= 0.3 is 30.2 Å². The van der Waals surface area contributed by atoms with E-state index in [1.807, 2.05) is 5.32 Å². The number of alkyl carbamates (subject to hydrolysis) is 1. The normalized spacial score (nSPS) is 14.3. The molecule has 4 amide bonds. The van der Waals surface area contributed by atoms with Crippen molar-refractivity contribution in [3.63, 3.8) is 0 Å². The number of non-ortho nitro benzene ring substituents is 2. The number of rotatable bonds is 7. The number of nitrogens with zero attached hydrogens (tertiary/aromatic N) is 4. The van der Waals surface area contributed by atoms with Crippen LogP contribution in [-0.4, -0.2) is 88.1 Å². The van der Waals surface area contributed by atoms with Gasteiger partial charge in [-0.15, -0.1) is 4.99 Å². The quantitative estimate of drug-likeness (QED) is 0.0726. The van der Waals surface area contributed by atoms with E-state index in [0.717, 1.165) is 48.5 Å². The molecule has 0 aliphatic carbocycles. The minimum Gasteiger partial charge on any atom is -0.444 e. The Morgan fingerprint density at radius 1 is 0.875 bits per heavy atom. The molecule has 1 aliphatic heterocycles. The number of nitro benzene ring substituents is 2. The van der Waals surface area contributed by atoms with Crippen LogP contribution >= 0.6 is 0 Å². The van der Waals surface area contributed by atoms with Crippen LogP contribution in [0.2, 0.25) is 0 Å². The van der Waals surface area contributed by atoms with Crippen molar-refractivity contribution in [1.29, 1.82) is 0 Å². The molecule has 20 nitrogen and oxygen atoms in total. The molecule has 20 heteroatoms. The smallest absolute Gasteiger partial charge is 0.444 e. The number of esters is 2. The van der Waals surface area contributed by atoms with Crippen molar-refractivity contribution in [3.8, 4) is 0 Å². The van der Waals surface area contributed by atoms with E-state index < -0.39 is 70.1 Å². The Labute approximate surface area is 270 Å². The van der Waals surface area contributed by atoms with Crippen LogP contribution in [0.25, 0.3) is 0 Å². The molecule has 1 aliphatic rings. The average Bonchev–Trinajstić information content (AvgIpc) is 3.47. The molecule has 3 rings (SSSR count). The summed E-state index contributed by atoms with van der Waals surface area (Å²) in [6.07, 6.45) is -3.27. The molecule has 0 saturated carbocycles. The second kappa shape index (κ2) is 15.7. The van der Waals surface area contributed by atoms with Gasteiger partial charge in [-0.25, -0.2) is 24.0 Å². The monoisotopic (exact) mass is 671 g/mol. The zero-order chi connectivity index (χ0) is 35.6. The van der Waals surface area contributed by atoms with E-state index in [1.165, 1.54) is 4.90 Å². The molecular formula is C28H29N7O13. The number of hydrogen-bond acceptors (Lipinski definition) is 13. The number of carbonyl (C=O) groups is 6. The molecule has 1 heterocycles. The average molecular weight is 672 g/mol. The first kappa shape index (κ1) is 36.0. The molecule has 0 spiro atoms. The van der Waals surface area contributed by atoms with Crippen LogP contribution in [0.5, 0.6) is 0 Å². The number of amides is 4. The van der Waals surface area contributed by atoms with E-state index in [-0.39, 0.29) is 29.0 Å². The number of carbonyl (C=O) groups excluding carboxylic acids is 6. The Hall–Kier alpha value is -6.47. The van der Waals surface area contributed by atoms with Crippen LogP contribution in [0.15, 0.2) is 53.5 Å². The van der Waals surface area contributed by atoms with Crippen LogP contribution in [0.1, 0.15) is 47.9 Å². The fourth-order valence-corrected chi connectivity index (χ4v) is 3.88. The number of hydrogen-bond donors (Lipinski definition) is 3. The Morgan fingerprint density at radius 2 is 1.40 bits per heavy atom. The maximum Gasteiger partial charge on any atom is 0.444 e. The number of benzene rings is 2. The zero-order valence-corrected chi connectivity index (χ0v) is 25.6. The third-order valence-electron chi connectivity index (χ3n) is 6.04. The highest BCUT2D eigenvalue weighted by Crippen LogP contribution is 2.16. The number of nitro groups is 2.